The van der Waals surface area contributed by atoms with Crippen LogP contribution in [-0.4, -0.2) is 61.8 Å². The number of carbonyl (C=O) groups is 2. The van der Waals surface area contributed by atoms with Crippen molar-refractivity contribution < 1.29 is 42.1 Å². The third kappa shape index (κ3) is 7.69. The number of fused-ring (bicyclic) bond motifs is 1. The van der Waals surface area contributed by atoms with Gasteiger partial charge >= 0.3 is 18.1 Å². The third-order valence-corrected chi connectivity index (χ3v) is 5.30. The van der Waals surface area contributed by atoms with E-state index in [1.54, 1.807) is 7.11 Å². The average Bonchev–Trinajstić information content (AvgIpc) is 2.78. The van der Waals surface area contributed by atoms with Gasteiger partial charge in [0, 0.05) is 13.0 Å². The fraction of sp³-hybridized carbons (Fsp3) is 0.478. The van der Waals surface area contributed by atoms with Gasteiger partial charge in [0.2, 0.25) is 0 Å². The van der Waals surface area contributed by atoms with Crippen molar-refractivity contribution in [2.45, 2.75) is 44.3 Å². The molecule has 3 rings (SSSR count). The van der Waals surface area contributed by atoms with Crippen LogP contribution in [0.3, 0.4) is 0 Å². The molecule has 0 unspecified atom stereocenters. The molecule has 1 aliphatic heterocycles. The molecule has 2 aromatic carbocycles. The second kappa shape index (κ2) is 12.0. The number of nitrogens with two attached hydrogens (primary N) is 1. The highest BCUT2D eigenvalue weighted by Gasteiger charge is 2.41. The van der Waals surface area contributed by atoms with Gasteiger partial charge < -0.3 is 25.1 Å². The molecule has 3 N–H and O–H groups in total. The summed E-state index contributed by atoms with van der Waals surface area (Å²) in [5.74, 6) is -3.02. The maximum atomic E-state index is 11.8. The van der Waals surface area contributed by atoms with Gasteiger partial charge in [0.1, 0.15) is 6.10 Å². The van der Waals surface area contributed by atoms with Crippen LogP contribution in [-0.2, 0) is 30.2 Å². The molecule has 0 amide bonds. The predicted molar refractivity (Wildman–Crippen MR) is 115 cm³/mol. The molecule has 2 aromatic rings. The summed E-state index contributed by atoms with van der Waals surface area (Å²) in [5.41, 5.74) is 6.66. The minimum Gasteiger partial charge on any atom is -0.475 e. The van der Waals surface area contributed by atoms with Gasteiger partial charge in [-0.3, -0.25) is 4.79 Å². The van der Waals surface area contributed by atoms with Gasteiger partial charge in [0.05, 0.1) is 19.3 Å². The Hall–Kier alpha value is -2.69. The fourth-order valence-electron chi connectivity index (χ4n) is 3.66. The molecule has 1 saturated heterocycles. The van der Waals surface area contributed by atoms with E-state index in [2.05, 4.69) is 30.3 Å². The van der Waals surface area contributed by atoms with Gasteiger partial charge in [-0.05, 0) is 29.2 Å². The van der Waals surface area contributed by atoms with Crippen LogP contribution in [0.25, 0.3) is 10.8 Å². The van der Waals surface area contributed by atoms with E-state index in [4.69, 9.17) is 29.8 Å². The average molecular weight is 471 g/mol. The molecule has 182 valence electrons. The maximum absolute atomic E-state index is 11.8. The molecule has 0 spiro atoms. The Bertz CT molecular complexity index is 936. The number of carbonyl (C=O) groups excluding carboxylic acids is 1. The molecule has 10 heteroatoms. The topological polar surface area (TPSA) is 108 Å². The number of carboxylic acid groups (broad SMARTS) is 1. The van der Waals surface area contributed by atoms with E-state index in [1.807, 2.05) is 19.1 Å². The third-order valence-electron chi connectivity index (χ3n) is 5.30. The monoisotopic (exact) mass is 471 g/mol. The molecule has 0 aromatic heterocycles. The van der Waals surface area contributed by atoms with E-state index in [1.165, 1.54) is 16.3 Å². The van der Waals surface area contributed by atoms with Gasteiger partial charge in [-0.15, -0.1) is 0 Å². The zero-order chi connectivity index (χ0) is 24.6. The van der Waals surface area contributed by atoms with Crippen LogP contribution in [0.2, 0.25) is 0 Å². The van der Waals surface area contributed by atoms with Crippen molar-refractivity contribution >= 4 is 22.7 Å². The van der Waals surface area contributed by atoms with Gasteiger partial charge in [-0.2, -0.15) is 13.2 Å². The summed E-state index contributed by atoms with van der Waals surface area (Å²) in [6.07, 6.45) is -4.29. The molecular formula is C23H28F3NO6. The summed E-state index contributed by atoms with van der Waals surface area (Å²) >= 11 is 0. The Morgan fingerprint density at radius 3 is 2.36 bits per heavy atom. The molecule has 0 radical (unpaired) electrons. The second-order valence-corrected chi connectivity index (χ2v) is 7.73. The summed E-state index contributed by atoms with van der Waals surface area (Å²) in [6.45, 7) is 2.49. The van der Waals surface area contributed by atoms with E-state index in [0.29, 0.717) is 6.61 Å². The number of hydrogen-bond donors (Lipinski definition) is 2. The quantitative estimate of drug-likeness (QED) is 0.622. The highest BCUT2D eigenvalue weighted by molar-refractivity contribution is 5.83. The summed E-state index contributed by atoms with van der Waals surface area (Å²) in [4.78, 5) is 20.7. The smallest absolute Gasteiger partial charge is 0.475 e. The van der Waals surface area contributed by atoms with Crippen molar-refractivity contribution in [2.75, 3.05) is 20.3 Å². The standard InChI is InChI=1S/C21H27NO4.C2HF3O2/c1-14-13-25-18(21(20(14)24-2)26-19(23)12-22)10-8-15-7-9-16-5-3-4-6-17(16)11-15;3-2(4,5)1(6)7/h3-7,9,11,14,18,20-21H,8,10,12-13,22H2,1-2H3;(H,6,7)/t14-,18-,20-,21+;/m0./s1. The first-order chi connectivity index (χ1) is 15.6. The van der Waals surface area contributed by atoms with E-state index in [9.17, 15) is 18.0 Å². The maximum Gasteiger partial charge on any atom is 0.490 e. The number of ether oxygens (including phenoxy) is 3. The zero-order valence-electron chi connectivity index (χ0n) is 18.4. The highest BCUT2D eigenvalue weighted by Crippen LogP contribution is 2.28. The molecule has 7 nitrogen and oxygen atoms in total. The van der Waals surface area contributed by atoms with Crippen LogP contribution in [0.1, 0.15) is 18.9 Å². The summed E-state index contributed by atoms with van der Waals surface area (Å²) in [7, 11) is 1.65. The lowest BCUT2D eigenvalue weighted by atomic mass is 9.90. The van der Waals surface area contributed by atoms with Crippen molar-refractivity contribution in [3.63, 3.8) is 0 Å². The van der Waals surface area contributed by atoms with Crippen molar-refractivity contribution in [1.82, 2.24) is 0 Å². The van der Waals surface area contributed by atoms with Crippen molar-refractivity contribution in [1.29, 1.82) is 0 Å². The lowest BCUT2D eigenvalue weighted by Crippen LogP contribution is -2.52. The number of rotatable bonds is 6. The van der Waals surface area contributed by atoms with Crippen LogP contribution in [0.15, 0.2) is 42.5 Å². The van der Waals surface area contributed by atoms with Crippen LogP contribution in [0.4, 0.5) is 13.2 Å². The number of alkyl halides is 3. The lowest BCUT2D eigenvalue weighted by molar-refractivity contribution is -0.198. The Labute approximate surface area is 189 Å². The fourth-order valence-corrected chi connectivity index (χ4v) is 3.66. The first-order valence-corrected chi connectivity index (χ1v) is 10.4. The molecule has 0 aliphatic carbocycles. The number of aryl methyl sites for hydroxylation is 1. The summed E-state index contributed by atoms with van der Waals surface area (Å²) in [6, 6.07) is 14.8. The predicted octanol–water partition coefficient (Wildman–Crippen LogP) is 3.33. The molecule has 0 bridgehead atoms. The van der Waals surface area contributed by atoms with Gasteiger partial charge in [-0.25, -0.2) is 4.79 Å². The van der Waals surface area contributed by atoms with Crippen molar-refractivity contribution in [2.24, 2.45) is 11.7 Å². The van der Waals surface area contributed by atoms with E-state index in [0.717, 1.165) is 12.8 Å². The van der Waals surface area contributed by atoms with Crippen LogP contribution in [0, 0.1) is 5.92 Å². The van der Waals surface area contributed by atoms with E-state index < -0.39 is 24.2 Å². The van der Waals surface area contributed by atoms with Gasteiger partial charge in [0.25, 0.3) is 0 Å². The molecule has 4 atom stereocenters. The van der Waals surface area contributed by atoms with Crippen LogP contribution < -0.4 is 5.73 Å². The molecule has 0 saturated carbocycles. The second-order valence-electron chi connectivity index (χ2n) is 7.73. The number of carboxylic acids is 1. The Morgan fingerprint density at radius 2 is 1.79 bits per heavy atom. The normalized spacial score (nSPS) is 22.8. The molecule has 1 heterocycles. The molecule has 1 fully saturated rings. The number of hydrogen-bond acceptors (Lipinski definition) is 6. The number of esters is 1. The Morgan fingerprint density at radius 1 is 1.15 bits per heavy atom. The Kier molecular flexibility index (Phi) is 9.63. The van der Waals surface area contributed by atoms with E-state index in [-0.39, 0.29) is 24.7 Å². The summed E-state index contributed by atoms with van der Waals surface area (Å²) in [5, 5.41) is 9.58. The van der Waals surface area contributed by atoms with Gasteiger partial charge in [-0.1, -0.05) is 49.4 Å². The van der Waals surface area contributed by atoms with Crippen LogP contribution in [0.5, 0.6) is 0 Å². The molecule has 1 aliphatic rings. The summed E-state index contributed by atoms with van der Waals surface area (Å²) < 4.78 is 48.9. The van der Waals surface area contributed by atoms with Gasteiger partial charge in [0.15, 0.2) is 6.10 Å². The minimum atomic E-state index is -5.08. The minimum absolute atomic E-state index is 0.140. The number of aliphatic carboxylic acids is 1. The number of methoxy groups -OCH3 is 1. The number of benzene rings is 2. The largest absolute Gasteiger partial charge is 0.490 e. The van der Waals surface area contributed by atoms with Crippen molar-refractivity contribution in [3.05, 3.63) is 48.0 Å². The molecule has 33 heavy (non-hydrogen) atoms. The van der Waals surface area contributed by atoms with E-state index >= 15 is 0 Å². The first kappa shape index (κ1) is 26.6. The molecular weight excluding hydrogens is 443 g/mol. The number of halogens is 3. The SMILES string of the molecule is CO[C@@H]1[C@H](OC(=O)CN)[C@H](CCc2ccc3ccccc3c2)OC[C@@H]1C.O=C(O)C(F)(F)F. The highest BCUT2D eigenvalue weighted by atomic mass is 19.4. The lowest BCUT2D eigenvalue weighted by Gasteiger charge is -2.40. The van der Waals surface area contributed by atoms with Crippen LogP contribution >= 0.6 is 0 Å². The first-order valence-electron chi connectivity index (χ1n) is 10.4. The Balaban J connectivity index is 0.000000479. The van der Waals surface area contributed by atoms with Crippen molar-refractivity contribution in [3.8, 4) is 0 Å². The zero-order valence-corrected chi connectivity index (χ0v) is 18.4.